The summed E-state index contributed by atoms with van der Waals surface area (Å²) >= 11 is 0. The molecule has 1 fully saturated rings. The smallest absolute Gasteiger partial charge is 0.250 e. The number of hydrogen-bond acceptors (Lipinski definition) is 2. The van der Waals surface area contributed by atoms with E-state index >= 15 is 0 Å². The Bertz CT molecular complexity index is 130. The first-order chi connectivity index (χ1) is 5.74. The summed E-state index contributed by atoms with van der Waals surface area (Å²) in [5.74, 6) is 0.406. The molecule has 2 unspecified atom stereocenters. The molecule has 3 N–H and O–H groups in total. The van der Waals surface area contributed by atoms with Crippen molar-refractivity contribution in [2.75, 3.05) is 13.1 Å². The van der Waals surface area contributed by atoms with Crippen molar-refractivity contribution in [1.29, 1.82) is 0 Å². The molecule has 1 aliphatic carbocycles. The first kappa shape index (κ1) is 9.86. The van der Waals surface area contributed by atoms with Crippen molar-refractivity contribution >= 4 is 0 Å². The van der Waals surface area contributed by atoms with Gasteiger partial charge in [0.15, 0.2) is 0 Å². The van der Waals surface area contributed by atoms with Crippen LogP contribution < -0.4 is 11.1 Å². The third-order valence-corrected chi connectivity index (χ3v) is 2.50. The third kappa shape index (κ3) is 2.68. The second-order valence-electron chi connectivity index (χ2n) is 3.33. The van der Waals surface area contributed by atoms with E-state index in [1.54, 1.807) is 0 Å². The van der Waals surface area contributed by atoms with E-state index in [1.165, 1.54) is 0 Å². The summed E-state index contributed by atoms with van der Waals surface area (Å²) in [5, 5.41) is 2.85. The number of nitrogens with two attached hydrogens (primary N) is 1. The summed E-state index contributed by atoms with van der Waals surface area (Å²) < 4.78 is 23.7. The van der Waals surface area contributed by atoms with Crippen molar-refractivity contribution in [2.24, 2.45) is 11.7 Å². The zero-order valence-corrected chi connectivity index (χ0v) is 7.10. The van der Waals surface area contributed by atoms with Crippen molar-refractivity contribution in [3.63, 3.8) is 0 Å². The third-order valence-electron chi connectivity index (χ3n) is 2.50. The minimum Gasteiger partial charge on any atom is -0.330 e. The van der Waals surface area contributed by atoms with Crippen LogP contribution >= 0.6 is 0 Å². The van der Waals surface area contributed by atoms with Gasteiger partial charge in [-0.1, -0.05) is 6.42 Å². The van der Waals surface area contributed by atoms with Gasteiger partial charge < -0.3 is 11.1 Å². The largest absolute Gasteiger partial charge is 0.330 e. The van der Waals surface area contributed by atoms with Crippen LogP contribution in [-0.2, 0) is 0 Å². The summed E-state index contributed by atoms with van der Waals surface area (Å²) in [7, 11) is 0. The predicted molar refractivity (Wildman–Crippen MR) is 44.2 cm³/mol. The lowest BCUT2D eigenvalue weighted by Crippen LogP contribution is -2.38. The van der Waals surface area contributed by atoms with Crippen molar-refractivity contribution in [3.8, 4) is 0 Å². The van der Waals surface area contributed by atoms with Crippen LogP contribution in [-0.4, -0.2) is 25.6 Å². The van der Waals surface area contributed by atoms with Crippen LogP contribution in [0.4, 0.5) is 8.78 Å². The number of hydrogen-bond donors (Lipinski definition) is 2. The molecule has 0 spiro atoms. The van der Waals surface area contributed by atoms with Crippen molar-refractivity contribution in [3.05, 3.63) is 0 Å². The van der Waals surface area contributed by atoms with E-state index in [2.05, 4.69) is 5.32 Å². The highest BCUT2D eigenvalue weighted by atomic mass is 19.3. The van der Waals surface area contributed by atoms with Gasteiger partial charge in [-0.25, -0.2) is 8.78 Å². The number of alkyl halides is 2. The highest BCUT2D eigenvalue weighted by Gasteiger charge is 2.25. The lowest BCUT2D eigenvalue weighted by molar-refractivity contribution is 0.138. The average Bonchev–Trinajstić information content (AvgIpc) is 2.47. The fraction of sp³-hybridized carbons (Fsp3) is 1.00. The minimum atomic E-state index is -2.25. The maximum atomic E-state index is 11.8. The molecule has 72 valence electrons. The molecule has 1 aliphatic rings. The lowest BCUT2D eigenvalue weighted by atomic mass is 10.0. The number of nitrogens with one attached hydrogen (secondary N) is 1. The molecule has 0 saturated heterocycles. The normalized spacial score (nSPS) is 30.0. The molecule has 4 heteroatoms. The molecule has 0 bridgehead atoms. The molecule has 12 heavy (non-hydrogen) atoms. The Morgan fingerprint density at radius 2 is 2.17 bits per heavy atom. The zero-order chi connectivity index (χ0) is 8.97. The quantitative estimate of drug-likeness (QED) is 0.673. The fourth-order valence-electron chi connectivity index (χ4n) is 1.83. The number of halogens is 2. The summed E-state index contributed by atoms with van der Waals surface area (Å²) in [6.07, 6.45) is 0.943. The van der Waals surface area contributed by atoms with Gasteiger partial charge >= 0.3 is 0 Å². The van der Waals surface area contributed by atoms with Crippen LogP contribution in [0.15, 0.2) is 0 Å². The highest BCUT2D eigenvalue weighted by Crippen LogP contribution is 2.24. The van der Waals surface area contributed by atoms with Crippen molar-refractivity contribution in [2.45, 2.75) is 31.7 Å². The molecule has 0 aromatic rings. The number of rotatable bonds is 4. The van der Waals surface area contributed by atoms with Gasteiger partial charge in [0.25, 0.3) is 6.43 Å². The molecular weight excluding hydrogens is 162 g/mol. The van der Waals surface area contributed by atoms with Crippen LogP contribution in [0.25, 0.3) is 0 Å². The molecule has 0 heterocycles. The SMILES string of the molecule is NCC1CCCC1NCC(F)F. The zero-order valence-electron chi connectivity index (χ0n) is 7.10. The molecule has 2 nitrogen and oxygen atoms in total. The molecule has 0 radical (unpaired) electrons. The van der Waals surface area contributed by atoms with E-state index in [0.29, 0.717) is 12.5 Å². The molecule has 1 saturated carbocycles. The van der Waals surface area contributed by atoms with Crippen LogP contribution in [0.1, 0.15) is 19.3 Å². The Balaban J connectivity index is 2.21. The highest BCUT2D eigenvalue weighted by molar-refractivity contribution is 4.83. The van der Waals surface area contributed by atoms with Crippen molar-refractivity contribution in [1.82, 2.24) is 5.32 Å². The Morgan fingerprint density at radius 1 is 1.42 bits per heavy atom. The van der Waals surface area contributed by atoms with Gasteiger partial charge in [0, 0.05) is 6.04 Å². The first-order valence-corrected chi connectivity index (χ1v) is 4.45. The van der Waals surface area contributed by atoms with E-state index < -0.39 is 6.43 Å². The van der Waals surface area contributed by atoms with E-state index in [-0.39, 0.29) is 12.6 Å². The maximum Gasteiger partial charge on any atom is 0.250 e. The second kappa shape index (κ2) is 4.72. The standard InChI is InChI=1S/C8H16F2N2/c9-8(10)5-12-7-3-1-2-6(7)4-11/h6-8,12H,1-5,11H2. The summed E-state index contributed by atoms with van der Waals surface area (Å²) in [4.78, 5) is 0. The van der Waals surface area contributed by atoms with Gasteiger partial charge in [0.2, 0.25) is 0 Å². The topological polar surface area (TPSA) is 38.0 Å². The van der Waals surface area contributed by atoms with E-state index in [0.717, 1.165) is 19.3 Å². The molecule has 2 atom stereocenters. The van der Waals surface area contributed by atoms with Crippen molar-refractivity contribution < 1.29 is 8.78 Å². The molecule has 0 aromatic carbocycles. The Hall–Kier alpha value is -0.220. The molecule has 0 amide bonds. The summed E-state index contributed by atoms with van der Waals surface area (Å²) in [6, 6.07) is 0.226. The van der Waals surface area contributed by atoms with Gasteiger partial charge in [0.05, 0.1) is 6.54 Å². The molecule has 0 aliphatic heterocycles. The molecular formula is C8H16F2N2. The second-order valence-corrected chi connectivity index (χ2v) is 3.33. The molecule has 1 rings (SSSR count). The van der Waals surface area contributed by atoms with E-state index in [4.69, 9.17) is 5.73 Å². The summed E-state index contributed by atoms with van der Waals surface area (Å²) in [5.41, 5.74) is 5.50. The van der Waals surface area contributed by atoms with Crippen LogP contribution in [0, 0.1) is 5.92 Å². The van der Waals surface area contributed by atoms with E-state index in [1.807, 2.05) is 0 Å². The first-order valence-electron chi connectivity index (χ1n) is 4.45. The fourth-order valence-corrected chi connectivity index (χ4v) is 1.83. The molecule has 0 aromatic heterocycles. The van der Waals surface area contributed by atoms with Crippen LogP contribution in [0.5, 0.6) is 0 Å². The van der Waals surface area contributed by atoms with Gasteiger partial charge in [-0.3, -0.25) is 0 Å². The Kier molecular flexibility index (Phi) is 3.88. The van der Waals surface area contributed by atoms with Gasteiger partial charge in [-0.15, -0.1) is 0 Å². The van der Waals surface area contributed by atoms with E-state index in [9.17, 15) is 8.78 Å². The lowest BCUT2D eigenvalue weighted by Gasteiger charge is -2.18. The summed E-state index contributed by atoms with van der Waals surface area (Å²) in [6.45, 7) is 0.419. The Labute approximate surface area is 71.5 Å². The minimum absolute atomic E-state index is 0.193. The van der Waals surface area contributed by atoms with Gasteiger partial charge in [-0.2, -0.15) is 0 Å². The van der Waals surface area contributed by atoms with Gasteiger partial charge in [0.1, 0.15) is 0 Å². The van der Waals surface area contributed by atoms with Gasteiger partial charge in [-0.05, 0) is 25.3 Å². The van der Waals surface area contributed by atoms with Crippen LogP contribution in [0.2, 0.25) is 0 Å². The monoisotopic (exact) mass is 178 g/mol. The predicted octanol–water partition coefficient (Wildman–Crippen LogP) is 0.968. The average molecular weight is 178 g/mol. The maximum absolute atomic E-state index is 11.8. The Morgan fingerprint density at radius 3 is 2.75 bits per heavy atom. The van der Waals surface area contributed by atoms with Crippen LogP contribution in [0.3, 0.4) is 0 Å².